The number of halogens is 1. The molecular weight excluding hydrogens is 354 g/mol. The number of thiophene rings is 1. The molecule has 3 unspecified atom stereocenters. The highest BCUT2D eigenvalue weighted by atomic mass is 35.5. The molecule has 2 aliphatic heterocycles. The van der Waals surface area contributed by atoms with Crippen molar-refractivity contribution < 1.29 is 4.74 Å². The summed E-state index contributed by atoms with van der Waals surface area (Å²) in [6, 6.07) is 6.99. The zero-order chi connectivity index (χ0) is 17.6. The predicted octanol–water partition coefficient (Wildman–Crippen LogP) is 4.14. The fraction of sp³-hybridized carbons (Fsp3) is 0.526. The second-order valence-electron chi connectivity index (χ2n) is 7.37. The number of nitrogens with one attached hydrogen (secondary N) is 1. The first kappa shape index (κ1) is 17.3. The van der Waals surface area contributed by atoms with Gasteiger partial charge in [-0.05, 0) is 43.0 Å². The Morgan fingerprint density at radius 2 is 2.20 bits per heavy atom. The summed E-state index contributed by atoms with van der Waals surface area (Å²) in [4.78, 5) is 7.94. The summed E-state index contributed by atoms with van der Waals surface area (Å²) in [6.07, 6.45) is 4.86. The zero-order valence-electron chi connectivity index (χ0n) is 14.9. The molecule has 1 fully saturated rings. The summed E-state index contributed by atoms with van der Waals surface area (Å²) in [5, 5.41) is 3.73. The number of fused-ring (bicyclic) bond motifs is 2. The van der Waals surface area contributed by atoms with Gasteiger partial charge < -0.3 is 15.0 Å². The van der Waals surface area contributed by atoms with Gasteiger partial charge in [-0.3, -0.25) is 0 Å². The molecule has 1 spiro atoms. The van der Waals surface area contributed by atoms with Crippen molar-refractivity contribution in [3.8, 4) is 0 Å². The minimum atomic E-state index is -0.221. The summed E-state index contributed by atoms with van der Waals surface area (Å²) in [7, 11) is 4.02. The average molecular weight is 378 g/mol. The summed E-state index contributed by atoms with van der Waals surface area (Å²) in [5.74, 6) is 0.976. The molecule has 6 heteroatoms. The van der Waals surface area contributed by atoms with Crippen molar-refractivity contribution in [3.05, 3.63) is 44.7 Å². The lowest BCUT2D eigenvalue weighted by atomic mass is 9.78. The lowest BCUT2D eigenvalue weighted by Crippen LogP contribution is -2.49. The van der Waals surface area contributed by atoms with Gasteiger partial charge in [0, 0.05) is 43.7 Å². The lowest BCUT2D eigenvalue weighted by molar-refractivity contribution is -0.0954. The van der Waals surface area contributed by atoms with Gasteiger partial charge in [0.1, 0.15) is 11.4 Å². The highest BCUT2D eigenvalue weighted by molar-refractivity contribution is 7.16. The maximum Gasteiger partial charge on any atom is 0.127 e. The second kappa shape index (κ2) is 6.54. The quantitative estimate of drug-likeness (QED) is 0.853. The van der Waals surface area contributed by atoms with Crippen LogP contribution in [-0.2, 0) is 16.8 Å². The Balaban J connectivity index is 1.66. The van der Waals surface area contributed by atoms with Crippen LogP contribution in [0.4, 0.5) is 5.82 Å². The summed E-state index contributed by atoms with van der Waals surface area (Å²) in [5.41, 5.74) is 2.37. The number of hydrogen-bond donors (Lipinski definition) is 1. The first-order chi connectivity index (χ1) is 12.0. The van der Waals surface area contributed by atoms with E-state index in [-0.39, 0.29) is 11.6 Å². The number of pyridine rings is 1. The molecule has 0 bridgehead atoms. The molecule has 2 aromatic rings. The van der Waals surface area contributed by atoms with Crippen LogP contribution in [0.5, 0.6) is 0 Å². The van der Waals surface area contributed by atoms with Gasteiger partial charge in [0.05, 0.1) is 10.9 Å². The van der Waals surface area contributed by atoms with Crippen LogP contribution in [0.15, 0.2) is 24.4 Å². The van der Waals surface area contributed by atoms with Crippen molar-refractivity contribution in [2.45, 2.75) is 43.9 Å². The molecule has 2 aliphatic rings. The first-order valence-electron chi connectivity index (χ1n) is 8.79. The zero-order valence-corrected chi connectivity index (χ0v) is 16.5. The molecule has 0 radical (unpaired) electrons. The van der Waals surface area contributed by atoms with E-state index in [1.54, 1.807) is 11.3 Å². The van der Waals surface area contributed by atoms with Gasteiger partial charge in [0.15, 0.2) is 0 Å². The van der Waals surface area contributed by atoms with E-state index in [2.05, 4.69) is 35.4 Å². The molecule has 4 heterocycles. The Kier molecular flexibility index (Phi) is 4.52. The summed E-state index contributed by atoms with van der Waals surface area (Å²) < 4.78 is 7.28. The van der Waals surface area contributed by atoms with Crippen molar-refractivity contribution >= 4 is 28.8 Å². The van der Waals surface area contributed by atoms with Crippen molar-refractivity contribution in [2.75, 3.05) is 25.6 Å². The number of ether oxygens (including phenoxy) is 1. The van der Waals surface area contributed by atoms with E-state index in [1.807, 2.05) is 25.2 Å². The van der Waals surface area contributed by atoms with Gasteiger partial charge in [-0.15, -0.1) is 11.3 Å². The molecular formula is C19H24ClN3OS. The van der Waals surface area contributed by atoms with Crippen LogP contribution in [0.2, 0.25) is 4.34 Å². The van der Waals surface area contributed by atoms with Crippen molar-refractivity contribution in [1.82, 2.24) is 10.3 Å². The molecule has 0 saturated carbocycles. The topological polar surface area (TPSA) is 37.4 Å². The second-order valence-corrected chi connectivity index (χ2v) is 9.05. The Morgan fingerprint density at radius 1 is 1.36 bits per heavy atom. The third-order valence-electron chi connectivity index (χ3n) is 5.23. The lowest BCUT2D eigenvalue weighted by Gasteiger charge is -2.46. The third-order valence-corrected chi connectivity index (χ3v) is 6.72. The van der Waals surface area contributed by atoms with Crippen molar-refractivity contribution in [3.63, 3.8) is 0 Å². The Bertz CT molecular complexity index is 761. The SMILES string of the molecule is CC1CC2(CC(c3ccc(N(C)C)nc3)N1)OCCc1cc(Cl)sc12. The van der Waals surface area contributed by atoms with Crippen molar-refractivity contribution in [1.29, 1.82) is 0 Å². The number of rotatable bonds is 2. The first-order valence-corrected chi connectivity index (χ1v) is 9.98. The highest BCUT2D eigenvalue weighted by Gasteiger charge is 2.46. The normalized spacial score (nSPS) is 28.8. The van der Waals surface area contributed by atoms with E-state index in [0.717, 1.165) is 36.0 Å². The fourth-order valence-electron chi connectivity index (χ4n) is 4.14. The number of anilines is 1. The Labute approximate surface area is 158 Å². The fourth-order valence-corrected chi connectivity index (χ4v) is 5.61. The van der Waals surface area contributed by atoms with Crippen LogP contribution in [0.3, 0.4) is 0 Å². The number of piperidine rings is 1. The minimum Gasteiger partial charge on any atom is -0.369 e. The third kappa shape index (κ3) is 3.19. The Morgan fingerprint density at radius 3 is 2.92 bits per heavy atom. The molecule has 134 valence electrons. The Hall–Kier alpha value is -1.14. The maximum absolute atomic E-state index is 6.41. The van der Waals surface area contributed by atoms with E-state index in [1.165, 1.54) is 16.0 Å². The largest absolute Gasteiger partial charge is 0.369 e. The van der Waals surface area contributed by atoms with Gasteiger partial charge in [0.25, 0.3) is 0 Å². The van der Waals surface area contributed by atoms with E-state index in [9.17, 15) is 0 Å². The van der Waals surface area contributed by atoms with E-state index in [4.69, 9.17) is 16.3 Å². The number of nitrogens with zero attached hydrogens (tertiary/aromatic N) is 2. The van der Waals surface area contributed by atoms with Crippen LogP contribution < -0.4 is 10.2 Å². The van der Waals surface area contributed by atoms with Crippen LogP contribution in [0.1, 0.15) is 41.8 Å². The standard InChI is InChI=1S/C19H24ClN3OS/c1-12-9-19(18-13(6-7-24-19)8-16(20)25-18)10-15(22-12)14-4-5-17(21-11-14)23(2)3/h4-5,8,11-12,15,22H,6-7,9-10H2,1-3H3. The number of hydrogen-bond acceptors (Lipinski definition) is 5. The van der Waals surface area contributed by atoms with Crippen molar-refractivity contribution in [2.24, 2.45) is 0 Å². The molecule has 1 N–H and O–H groups in total. The molecule has 0 amide bonds. The van der Waals surface area contributed by atoms with Gasteiger partial charge in [0.2, 0.25) is 0 Å². The molecule has 1 saturated heterocycles. The minimum absolute atomic E-state index is 0.221. The molecule has 0 aliphatic carbocycles. The molecule has 0 aromatic carbocycles. The molecule has 2 aromatic heterocycles. The van der Waals surface area contributed by atoms with Crippen LogP contribution >= 0.6 is 22.9 Å². The smallest absolute Gasteiger partial charge is 0.127 e. The van der Waals surface area contributed by atoms with Crippen LogP contribution in [-0.4, -0.2) is 31.7 Å². The number of aromatic nitrogens is 1. The predicted molar refractivity (Wildman–Crippen MR) is 104 cm³/mol. The summed E-state index contributed by atoms with van der Waals surface area (Å²) >= 11 is 8.01. The van der Waals surface area contributed by atoms with E-state index >= 15 is 0 Å². The van der Waals surface area contributed by atoms with Gasteiger partial charge in [-0.1, -0.05) is 17.7 Å². The van der Waals surface area contributed by atoms with Gasteiger partial charge >= 0.3 is 0 Å². The monoisotopic (exact) mass is 377 g/mol. The highest BCUT2D eigenvalue weighted by Crippen LogP contribution is 2.49. The van der Waals surface area contributed by atoms with E-state index < -0.39 is 0 Å². The molecule has 25 heavy (non-hydrogen) atoms. The maximum atomic E-state index is 6.41. The van der Waals surface area contributed by atoms with Crippen LogP contribution in [0.25, 0.3) is 0 Å². The molecule has 4 rings (SSSR count). The molecule has 3 atom stereocenters. The van der Waals surface area contributed by atoms with Gasteiger partial charge in [-0.25, -0.2) is 4.98 Å². The molecule has 4 nitrogen and oxygen atoms in total. The summed E-state index contributed by atoms with van der Waals surface area (Å²) in [6.45, 7) is 3.01. The van der Waals surface area contributed by atoms with E-state index in [0.29, 0.717) is 6.04 Å². The van der Waals surface area contributed by atoms with Crippen LogP contribution in [0, 0.1) is 0 Å². The van der Waals surface area contributed by atoms with Gasteiger partial charge in [-0.2, -0.15) is 0 Å². The average Bonchev–Trinajstić information content (AvgIpc) is 2.96.